The highest BCUT2D eigenvalue weighted by Crippen LogP contribution is 2.13. The summed E-state index contributed by atoms with van der Waals surface area (Å²) < 4.78 is 5.05. The highest BCUT2D eigenvalue weighted by molar-refractivity contribution is 5.94. The molecule has 2 aromatic carbocycles. The predicted molar refractivity (Wildman–Crippen MR) is 96.3 cm³/mol. The fourth-order valence-electron chi connectivity index (χ4n) is 2.31. The molecule has 0 aromatic heterocycles. The Bertz CT molecular complexity index is 687. The number of ether oxygens (including phenoxy) is 1. The molecule has 0 heterocycles. The van der Waals surface area contributed by atoms with E-state index in [0.717, 1.165) is 5.56 Å². The van der Waals surface area contributed by atoms with Gasteiger partial charge in [0.1, 0.15) is 5.75 Å². The molecule has 6 nitrogen and oxygen atoms in total. The van der Waals surface area contributed by atoms with Crippen LogP contribution in [0.2, 0.25) is 0 Å². The van der Waals surface area contributed by atoms with Gasteiger partial charge in [0.2, 0.25) is 5.91 Å². The molecule has 4 N–H and O–H groups in total. The molecule has 0 saturated heterocycles. The van der Waals surface area contributed by atoms with Gasteiger partial charge >= 0.3 is 0 Å². The molecule has 0 radical (unpaired) electrons. The Labute approximate surface area is 147 Å². The highest BCUT2D eigenvalue weighted by atomic mass is 16.5. The number of carbonyl (C=O) groups excluding carboxylic acids is 2. The van der Waals surface area contributed by atoms with Crippen LogP contribution >= 0.6 is 0 Å². The van der Waals surface area contributed by atoms with Crippen molar-refractivity contribution >= 4 is 11.8 Å². The standard InChI is InChI=1S/C19H23N3O3/c1-25-16-9-7-15(8-10-16)19(24)22-12-11-21-18(23)13-17(20)14-5-3-2-4-6-14/h2-10,17H,11-13,20H2,1H3,(H,21,23)(H,22,24). The first-order valence-electron chi connectivity index (χ1n) is 8.09. The summed E-state index contributed by atoms with van der Waals surface area (Å²) in [6.07, 6.45) is 0.205. The van der Waals surface area contributed by atoms with Crippen LogP contribution in [0.3, 0.4) is 0 Å². The normalized spacial score (nSPS) is 11.4. The molecule has 0 aliphatic heterocycles. The summed E-state index contributed by atoms with van der Waals surface area (Å²) in [4.78, 5) is 23.9. The van der Waals surface area contributed by atoms with Crippen LogP contribution in [0.4, 0.5) is 0 Å². The van der Waals surface area contributed by atoms with Crippen molar-refractivity contribution < 1.29 is 14.3 Å². The van der Waals surface area contributed by atoms with Crippen molar-refractivity contribution in [2.45, 2.75) is 12.5 Å². The minimum atomic E-state index is -0.338. The maximum atomic E-state index is 12.0. The Hall–Kier alpha value is -2.86. The predicted octanol–water partition coefficient (Wildman–Crippen LogP) is 1.63. The summed E-state index contributed by atoms with van der Waals surface area (Å²) in [5.74, 6) is 0.353. The lowest BCUT2D eigenvalue weighted by Gasteiger charge is -2.12. The summed E-state index contributed by atoms with van der Waals surface area (Å²) in [6, 6.07) is 16.0. The molecule has 2 rings (SSSR count). The molecule has 0 aliphatic rings. The van der Waals surface area contributed by atoms with Gasteiger partial charge in [0, 0.05) is 31.1 Å². The van der Waals surface area contributed by atoms with Crippen molar-refractivity contribution in [1.82, 2.24) is 10.6 Å². The second kappa shape index (κ2) is 9.44. The number of carbonyl (C=O) groups is 2. The first kappa shape index (κ1) is 18.5. The van der Waals surface area contributed by atoms with Gasteiger partial charge in [-0.2, -0.15) is 0 Å². The van der Waals surface area contributed by atoms with E-state index in [1.165, 1.54) is 0 Å². The Morgan fingerprint density at radius 2 is 1.64 bits per heavy atom. The molecule has 25 heavy (non-hydrogen) atoms. The highest BCUT2D eigenvalue weighted by Gasteiger charge is 2.11. The first-order valence-corrected chi connectivity index (χ1v) is 8.09. The van der Waals surface area contributed by atoms with Crippen molar-refractivity contribution in [3.05, 3.63) is 65.7 Å². The molecule has 0 saturated carbocycles. The minimum Gasteiger partial charge on any atom is -0.497 e. The molecule has 1 atom stereocenters. The Balaban J connectivity index is 1.68. The first-order chi connectivity index (χ1) is 12.1. The number of nitrogens with one attached hydrogen (secondary N) is 2. The quantitative estimate of drug-likeness (QED) is 0.636. The van der Waals surface area contributed by atoms with Crippen LogP contribution < -0.4 is 21.1 Å². The molecule has 1 unspecified atom stereocenters. The van der Waals surface area contributed by atoms with Crippen LogP contribution in [0.1, 0.15) is 28.4 Å². The van der Waals surface area contributed by atoms with Crippen LogP contribution in [0, 0.1) is 0 Å². The molecule has 0 bridgehead atoms. The van der Waals surface area contributed by atoms with E-state index in [0.29, 0.717) is 24.4 Å². The van der Waals surface area contributed by atoms with Crippen LogP contribution in [0.25, 0.3) is 0 Å². The number of hydrogen-bond acceptors (Lipinski definition) is 4. The average molecular weight is 341 g/mol. The van der Waals surface area contributed by atoms with E-state index in [9.17, 15) is 9.59 Å². The maximum absolute atomic E-state index is 12.0. The third-order valence-corrected chi connectivity index (χ3v) is 3.72. The number of rotatable bonds is 8. The number of methoxy groups -OCH3 is 1. The van der Waals surface area contributed by atoms with Gasteiger partial charge in [-0.25, -0.2) is 0 Å². The number of hydrogen-bond donors (Lipinski definition) is 3. The van der Waals surface area contributed by atoms with E-state index in [1.54, 1.807) is 31.4 Å². The minimum absolute atomic E-state index is 0.143. The zero-order chi connectivity index (χ0) is 18.1. The van der Waals surface area contributed by atoms with Crippen LogP contribution in [-0.2, 0) is 4.79 Å². The number of nitrogens with two attached hydrogens (primary N) is 1. The smallest absolute Gasteiger partial charge is 0.251 e. The van der Waals surface area contributed by atoms with Crippen molar-refractivity contribution in [3.63, 3.8) is 0 Å². The van der Waals surface area contributed by atoms with Crippen molar-refractivity contribution in [1.29, 1.82) is 0 Å². The zero-order valence-corrected chi connectivity index (χ0v) is 14.2. The van der Waals surface area contributed by atoms with E-state index in [-0.39, 0.29) is 24.3 Å². The van der Waals surface area contributed by atoms with E-state index in [1.807, 2.05) is 30.3 Å². The van der Waals surface area contributed by atoms with E-state index < -0.39 is 0 Å². The third kappa shape index (κ3) is 5.93. The third-order valence-electron chi connectivity index (χ3n) is 3.72. The van der Waals surface area contributed by atoms with Gasteiger partial charge in [-0.15, -0.1) is 0 Å². The summed E-state index contributed by atoms with van der Waals surface area (Å²) in [7, 11) is 1.57. The van der Waals surface area contributed by atoms with Crippen LogP contribution in [-0.4, -0.2) is 32.0 Å². The van der Waals surface area contributed by atoms with Gasteiger partial charge < -0.3 is 21.1 Å². The van der Waals surface area contributed by atoms with Gasteiger partial charge in [-0.3, -0.25) is 9.59 Å². The molecule has 2 amide bonds. The van der Waals surface area contributed by atoms with Crippen molar-refractivity contribution in [2.24, 2.45) is 5.73 Å². The Morgan fingerprint density at radius 1 is 1.00 bits per heavy atom. The lowest BCUT2D eigenvalue weighted by atomic mass is 10.0. The second-order valence-corrected chi connectivity index (χ2v) is 5.56. The Morgan fingerprint density at radius 3 is 2.28 bits per heavy atom. The van der Waals surface area contributed by atoms with Crippen molar-refractivity contribution in [2.75, 3.05) is 20.2 Å². The van der Waals surface area contributed by atoms with Gasteiger partial charge in [0.15, 0.2) is 0 Å². The molecule has 6 heteroatoms. The largest absolute Gasteiger partial charge is 0.497 e. The number of benzene rings is 2. The van der Waals surface area contributed by atoms with Crippen molar-refractivity contribution in [3.8, 4) is 5.75 Å². The van der Waals surface area contributed by atoms with Gasteiger partial charge in [0.05, 0.1) is 7.11 Å². The molecule has 0 aliphatic carbocycles. The summed E-state index contributed by atoms with van der Waals surface area (Å²) in [5.41, 5.74) is 7.47. The summed E-state index contributed by atoms with van der Waals surface area (Å²) in [5, 5.41) is 5.51. The van der Waals surface area contributed by atoms with E-state index >= 15 is 0 Å². The van der Waals surface area contributed by atoms with Gasteiger partial charge in [-0.1, -0.05) is 30.3 Å². The maximum Gasteiger partial charge on any atom is 0.251 e. The van der Waals surface area contributed by atoms with E-state index in [2.05, 4.69) is 10.6 Å². The summed E-state index contributed by atoms with van der Waals surface area (Å²) >= 11 is 0. The second-order valence-electron chi connectivity index (χ2n) is 5.56. The van der Waals surface area contributed by atoms with Crippen LogP contribution in [0.5, 0.6) is 5.75 Å². The van der Waals surface area contributed by atoms with Gasteiger partial charge in [-0.05, 0) is 29.8 Å². The lowest BCUT2D eigenvalue weighted by Crippen LogP contribution is -2.35. The molecule has 132 valence electrons. The lowest BCUT2D eigenvalue weighted by molar-refractivity contribution is -0.121. The summed E-state index contributed by atoms with van der Waals surface area (Å²) in [6.45, 7) is 0.694. The average Bonchev–Trinajstić information content (AvgIpc) is 2.65. The fourth-order valence-corrected chi connectivity index (χ4v) is 2.31. The molecular formula is C19H23N3O3. The Kier molecular flexibility index (Phi) is 6.98. The molecular weight excluding hydrogens is 318 g/mol. The topological polar surface area (TPSA) is 93.5 Å². The molecule has 0 spiro atoms. The van der Waals surface area contributed by atoms with E-state index in [4.69, 9.17) is 10.5 Å². The SMILES string of the molecule is COc1ccc(C(=O)NCCNC(=O)CC(N)c2ccccc2)cc1. The fraction of sp³-hybridized carbons (Fsp3) is 0.263. The molecule has 0 fully saturated rings. The van der Waals surface area contributed by atoms with Gasteiger partial charge in [0.25, 0.3) is 5.91 Å². The monoisotopic (exact) mass is 341 g/mol. The number of amides is 2. The zero-order valence-electron chi connectivity index (χ0n) is 14.2. The van der Waals surface area contributed by atoms with Crippen LogP contribution in [0.15, 0.2) is 54.6 Å². The molecule has 2 aromatic rings.